The maximum atomic E-state index is 8.73. The van der Waals surface area contributed by atoms with E-state index in [0.717, 1.165) is 18.6 Å². The molecule has 0 saturated carbocycles. The predicted molar refractivity (Wildman–Crippen MR) is 46.5 cm³/mol. The van der Waals surface area contributed by atoms with Crippen molar-refractivity contribution in [3.63, 3.8) is 0 Å². The summed E-state index contributed by atoms with van der Waals surface area (Å²) in [6.45, 7) is 2.02. The number of hydrogen-bond donors (Lipinski definition) is 2. The Morgan fingerprint density at radius 3 is 2.83 bits per heavy atom. The maximum Gasteiger partial charge on any atom is 0.129 e. The molecule has 1 heterocycles. The zero-order valence-electron chi connectivity index (χ0n) is 7.29. The molecule has 0 bridgehead atoms. The van der Waals surface area contributed by atoms with Crippen LogP contribution in [0.4, 0.5) is 0 Å². The lowest BCUT2D eigenvalue weighted by Gasteiger charge is -2.05. The Kier molecular flexibility index (Phi) is 3.31. The second-order valence-electron chi connectivity index (χ2n) is 2.86. The van der Waals surface area contributed by atoms with E-state index in [1.54, 1.807) is 6.07 Å². The topological polar surface area (TPSA) is 59.4 Å². The van der Waals surface area contributed by atoms with Crippen LogP contribution in [0.5, 0.6) is 0 Å². The first-order valence-electron chi connectivity index (χ1n) is 4.23. The van der Waals surface area contributed by atoms with Crippen molar-refractivity contribution in [2.24, 2.45) is 5.73 Å². The van der Waals surface area contributed by atoms with Crippen molar-refractivity contribution in [1.29, 1.82) is 0 Å². The summed E-state index contributed by atoms with van der Waals surface area (Å²) in [6, 6.07) is 3.55. The van der Waals surface area contributed by atoms with Gasteiger partial charge in [-0.25, -0.2) is 0 Å². The summed E-state index contributed by atoms with van der Waals surface area (Å²) in [5.74, 6) is 1.34. The summed E-state index contributed by atoms with van der Waals surface area (Å²) < 4.78 is 5.27. The summed E-state index contributed by atoms with van der Waals surface area (Å²) in [4.78, 5) is 0. The molecule has 12 heavy (non-hydrogen) atoms. The zero-order valence-corrected chi connectivity index (χ0v) is 7.29. The van der Waals surface area contributed by atoms with Crippen LogP contribution in [0.15, 0.2) is 16.5 Å². The Labute approximate surface area is 72.2 Å². The van der Waals surface area contributed by atoms with Crippen LogP contribution < -0.4 is 5.73 Å². The van der Waals surface area contributed by atoms with E-state index in [1.807, 2.05) is 6.07 Å². The molecule has 0 unspecified atom stereocenters. The largest absolute Gasteiger partial charge is 0.462 e. The number of aliphatic hydroxyl groups is 1. The highest BCUT2D eigenvalue weighted by Gasteiger charge is 2.08. The Bertz CT molecular complexity index is 232. The molecule has 0 amide bonds. The van der Waals surface area contributed by atoms with Gasteiger partial charge >= 0.3 is 0 Å². The average Bonchev–Trinajstić information content (AvgIpc) is 2.52. The zero-order chi connectivity index (χ0) is 8.97. The molecule has 1 atom stereocenters. The summed E-state index contributed by atoms with van der Waals surface area (Å²) in [6.07, 6.45) is 1.95. The number of rotatable bonds is 4. The lowest BCUT2D eigenvalue weighted by Crippen LogP contribution is -2.08. The van der Waals surface area contributed by atoms with Crippen molar-refractivity contribution in [2.45, 2.75) is 32.4 Å². The van der Waals surface area contributed by atoms with E-state index >= 15 is 0 Å². The van der Waals surface area contributed by atoms with E-state index in [0.29, 0.717) is 5.76 Å². The van der Waals surface area contributed by atoms with Crippen molar-refractivity contribution in [3.8, 4) is 0 Å². The van der Waals surface area contributed by atoms with Crippen molar-refractivity contribution in [1.82, 2.24) is 0 Å². The monoisotopic (exact) mass is 169 g/mol. The van der Waals surface area contributed by atoms with E-state index in [9.17, 15) is 0 Å². The molecule has 1 rings (SSSR count). The summed E-state index contributed by atoms with van der Waals surface area (Å²) in [7, 11) is 0. The van der Waals surface area contributed by atoms with Gasteiger partial charge in [-0.05, 0) is 18.6 Å². The lowest BCUT2D eigenvalue weighted by molar-refractivity contribution is 0.241. The van der Waals surface area contributed by atoms with Crippen LogP contribution in [0, 0.1) is 0 Å². The van der Waals surface area contributed by atoms with Gasteiger partial charge in [0.1, 0.15) is 18.1 Å². The first-order chi connectivity index (χ1) is 5.77. The van der Waals surface area contributed by atoms with Crippen LogP contribution in [0.3, 0.4) is 0 Å². The van der Waals surface area contributed by atoms with Gasteiger partial charge in [0.2, 0.25) is 0 Å². The highest BCUT2D eigenvalue weighted by Crippen LogP contribution is 2.18. The number of hydrogen-bond acceptors (Lipinski definition) is 3. The predicted octanol–water partition coefficient (Wildman–Crippen LogP) is 1.57. The van der Waals surface area contributed by atoms with E-state index < -0.39 is 0 Å². The van der Waals surface area contributed by atoms with Gasteiger partial charge in [-0.2, -0.15) is 0 Å². The molecular formula is C9H15NO2. The molecular weight excluding hydrogens is 154 g/mol. The summed E-state index contributed by atoms with van der Waals surface area (Å²) in [5.41, 5.74) is 5.80. The van der Waals surface area contributed by atoms with Crippen LogP contribution in [0.2, 0.25) is 0 Å². The average molecular weight is 169 g/mol. The van der Waals surface area contributed by atoms with Gasteiger partial charge in [-0.15, -0.1) is 0 Å². The third-order valence-electron chi connectivity index (χ3n) is 1.80. The lowest BCUT2D eigenvalue weighted by atomic mass is 10.1. The first-order valence-corrected chi connectivity index (χ1v) is 4.23. The maximum absolute atomic E-state index is 8.73. The number of nitrogens with two attached hydrogens (primary N) is 1. The fourth-order valence-corrected chi connectivity index (χ4v) is 1.13. The van der Waals surface area contributed by atoms with Crippen molar-refractivity contribution in [3.05, 3.63) is 23.7 Å². The number of furan rings is 1. The smallest absolute Gasteiger partial charge is 0.129 e. The molecule has 3 N–H and O–H groups in total. The molecule has 68 valence electrons. The van der Waals surface area contributed by atoms with E-state index in [-0.39, 0.29) is 12.6 Å². The van der Waals surface area contributed by atoms with Gasteiger partial charge in [-0.1, -0.05) is 13.3 Å². The van der Waals surface area contributed by atoms with Crippen LogP contribution in [-0.2, 0) is 6.61 Å². The normalized spacial score (nSPS) is 13.2. The molecule has 3 heteroatoms. The second kappa shape index (κ2) is 4.28. The van der Waals surface area contributed by atoms with E-state index in [2.05, 4.69) is 6.92 Å². The van der Waals surface area contributed by atoms with Gasteiger partial charge in [0.25, 0.3) is 0 Å². The Morgan fingerprint density at radius 2 is 2.33 bits per heavy atom. The number of aliphatic hydroxyl groups excluding tert-OH is 1. The fourth-order valence-electron chi connectivity index (χ4n) is 1.13. The molecule has 3 nitrogen and oxygen atoms in total. The molecule has 0 aliphatic heterocycles. The minimum atomic E-state index is -0.0567. The minimum absolute atomic E-state index is 0.0321. The summed E-state index contributed by atoms with van der Waals surface area (Å²) >= 11 is 0. The Morgan fingerprint density at radius 1 is 1.58 bits per heavy atom. The quantitative estimate of drug-likeness (QED) is 0.719. The molecule has 0 radical (unpaired) electrons. The molecule has 0 saturated heterocycles. The van der Waals surface area contributed by atoms with E-state index in [4.69, 9.17) is 15.3 Å². The standard InChI is InChI=1S/C9H15NO2/c1-2-3-8(10)9-5-4-7(6-11)12-9/h4-5,8,11H,2-3,6,10H2,1H3/t8-/m1/s1. The van der Waals surface area contributed by atoms with E-state index in [1.165, 1.54) is 0 Å². The minimum Gasteiger partial charge on any atom is -0.462 e. The molecule has 0 spiro atoms. The van der Waals surface area contributed by atoms with Gasteiger partial charge in [0.15, 0.2) is 0 Å². The summed E-state index contributed by atoms with van der Waals surface area (Å²) in [5, 5.41) is 8.73. The SMILES string of the molecule is CCC[C@@H](N)c1ccc(CO)o1. The molecule has 0 aliphatic rings. The highest BCUT2D eigenvalue weighted by molar-refractivity contribution is 5.09. The second-order valence-corrected chi connectivity index (χ2v) is 2.86. The third kappa shape index (κ3) is 2.09. The molecule has 0 aromatic carbocycles. The molecule has 1 aromatic rings. The Balaban J connectivity index is 2.61. The highest BCUT2D eigenvalue weighted by atomic mass is 16.4. The van der Waals surface area contributed by atoms with Crippen LogP contribution in [-0.4, -0.2) is 5.11 Å². The molecule has 0 fully saturated rings. The van der Waals surface area contributed by atoms with Crippen molar-refractivity contribution in [2.75, 3.05) is 0 Å². The molecule has 1 aromatic heterocycles. The van der Waals surface area contributed by atoms with Gasteiger partial charge < -0.3 is 15.3 Å². The van der Waals surface area contributed by atoms with Crippen LogP contribution in [0.1, 0.15) is 37.3 Å². The van der Waals surface area contributed by atoms with Gasteiger partial charge in [-0.3, -0.25) is 0 Å². The third-order valence-corrected chi connectivity index (χ3v) is 1.80. The molecule has 0 aliphatic carbocycles. The first kappa shape index (κ1) is 9.29. The van der Waals surface area contributed by atoms with Crippen molar-refractivity contribution >= 4 is 0 Å². The van der Waals surface area contributed by atoms with Crippen LogP contribution in [0.25, 0.3) is 0 Å². The van der Waals surface area contributed by atoms with Gasteiger partial charge in [0.05, 0.1) is 6.04 Å². The van der Waals surface area contributed by atoms with Crippen LogP contribution >= 0.6 is 0 Å². The Hall–Kier alpha value is -0.800. The van der Waals surface area contributed by atoms with Gasteiger partial charge in [0, 0.05) is 0 Å². The fraction of sp³-hybridized carbons (Fsp3) is 0.556. The van der Waals surface area contributed by atoms with Crippen molar-refractivity contribution < 1.29 is 9.52 Å².